The summed E-state index contributed by atoms with van der Waals surface area (Å²) in [4.78, 5) is 8.36. The molecule has 0 saturated heterocycles. The number of pyridine rings is 2. The largest absolute Gasteiger partial charge is 0.264 e. The molecule has 2 aromatic rings. The first kappa shape index (κ1) is 10.6. The quantitative estimate of drug-likeness (QED) is 0.796. The average Bonchev–Trinajstić information content (AvgIpc) is 2.33. The van der Waals surface area contributed by atoms with Crippen LogP contribution in [0.5, 0.6) is 0 Å². The van der Waals surface area contributed by atoms with Crippen LogP contribution in [-0.2, 0) is 6.42 Å². The van der Waals surface area contributed by atoms with Gasteiger partial charge in [-0.15, -0.1) is 0 Å². The Labute approximate surface area is 98.4 Å². The predicted octanol–water partition coefficient (Wildman–Crippen LogP) is 2.86. The Morgan fingerprint density at radius 3 is 2.88 bits per heavy atom. The molecule has 0 radical (unpaired) electrons. The van der Waals surface area contributed by atoms with Crippen molar-refractivity contribution in [3.05, 3.63) is 47.4 Å². The van der Waals surface area contributed by atoms with E-state index in [4.69, 9.17) is 16.9 Å². The third kappa shape index (κ3) is 2.18. The Balaban J connectivity index is 2.45. The zero-order valence-electron chi connectivity index (χ0n) is 8.39. The first-order valence-electron chi connectivity index (χ1n) is 4.74. The lowest BCUT2D eigenvalue weighted by Gasteiger charge is -2.03. The van der Waals surface area contributed by atoms with E-state index in [-0.39, 0.29) is 6.42 Å². The standard InChI is InChI=1S/C12H8ClN3/c13-10-3-4-11(16-12(10)5-6-14)9-2-1-7-15-8-9/h1-4,7-8H,5H2. The van der Waals surface area contributed by atoms with Crippen molar-refractivity contribution in [1.82, 2.24) is 9.97 Å². The summed E-state index contributed by atoms with van der Waals surface area (Å²) in [6, 6.07) is 9.37. The second kappa shape index (κ2) is 4.73. The monoisotopic (exact) mass is 229 g/mol. The van der Waals surface area contributed by atoms with Crippen LogP contribution in [0.3, 0.4) is 0 Å². The van der Waals surface area contributed by atoms with Crippen LogP contribution in [0.25, 0.3) is 11.3 Å². The minimum Gasteiger partial charge on any atom is -0.264 e. The summed E-state index contributed by atoms with van der Waals surface area (Å²) >= 11 is 5.93. The summed E-state index contributed by atoms with van der Waals surface area (Å²) in [5.41, 5.74) is 2.30. The van der Waals surface area contributed by atoms with E-state index in [0.29, 0.717) is 10.7 Å². The van der Waals surface area contributed by atoms with Gasteiger partial charge in [0.2, 0.25) is 0 Å². The van der Waals surface area contributed by atoms with Gasteiger partial charge in [0.15, 0.2) is 0 Å². The van der Waals surface area contributed by atoms with Crippen molar-refractivity contribution in [2.75, 3.05) is 0 Å². The Kier molecular flexibility index (Phi) is 3.13. The molecular formula is C12H8ClN3. The summed E-state index contributed by atoms with van der Waals surface area (Å²) in [5, 5.41) is 9.17. The number of hydrogen-bond acceptors (Lipinski definition) is 3. The van der Waals surface area contributed by atoms with Gasteiger partial charge in [0.05, 0.1) is 28.9 Å². The zero-order chi connectivity index (χ0) is 11.4. The molecule has 0 aliphatic rings. The highest BCUT2D eigenvalue weighted by molar-refractivity contribution is 6.31. The van der Waals surface area contributed by atoms with E-state index < -0.39 is 0 Å². The zero-order valence-corrected chi connectivity index (χ0v) is 9.15. The molecule has 0 bridgehead atoms. The number of aromatic nitrogens is 2. The van der Waals surface area contributed by atoms with Gasteiger partial charge in [-0.3, -0.25) is 9.97 Å². The molecule has 4 heteroatoms. The van der Waals surface area contributed by atoms with Crippen molar-refractivity contribution in [1.29, 1.82) is 5.26 Å². The highest BCUT2D eigenvalue weighted by Crippen LogP contribution is 2.21. The summed E-state index contributed by atoms with van der Waals surface area (Å²) in [6.07, 6.45) is 3.65. The molecule has 0 saturated carbocycles. The molecule has 16 heavy (non-hydrogen) atoms. The number of nitrogens with zero attached hydrogens (tertiary/aromatic N) is 3. The highest BCUT2D eigenvalue weighted by Gasteiger charge is 2.05. The van der Waals surface area contributed by atoms with Gasteiger partial charge in [-0.05, 0) is 24.3 Å². The normalized spacial score (nSPS) is 9.75. The minimum atomic E-state index is 0.215. The first-order valence-corrected chi connectivity index (χ1v) is 5.12. The number of nitriles is 1. The minimum absolute atomic E-state index is 0.215. The van der Waals surface area contributed by atoms with Crippen molar-refractivity contribution < 1.29 is 0 Å². The van der Waals surface area contributed by atoms with Gasteiger partial charge >= 0.3 is 0 Å². The van der Waals surface area contributed by atoms with Crippen LogP contribution in [0.2, 0.25) is 5.02 Å². The van der Waals surface area contributed by atoms with Crippen LogP contribution in [0.1, 0.15) is 5.69 Å². The molecule has 0 aromatic carbocycles. The van der Waals surface area contributed by atoms with Gasteiger partial charge in [0.1, 0.15) is 0 Å². The molecule has 0 spiro atoms. The first-order chi connectivity index (χ1) is 7.81. The SMILES string of the molecule is N#CCc1nc(-c2cccnc2)ccc1Cl. The molecule has 3 nitrogen and oxygen atoms in total. The third-order valence-electron chi connectivity index (χ3n) is 2.12. The van der Waals surface area contributed by atoms with Crippen LogP contribution in [0, 0.1) is 11.3 Å². The molecule has 0 aliphatic heterocycles. The van der Waals surface area contributed by atoms with E-state index in [2.05, 4.69) is 9.97 Å². The molecule has 2 heterocycles. The molecule has 78 valence electrons. The second-order valence-corrected chi connectivity index (χ2v) is 3.61. The molecule has 2 aromatic heterocycles. The summed E-state index contributed by atoms with van der Waals surface area (Å²) in [6.45, 7) is 0. The van der Waals surface area contributed by atoms with Crippen molar-refractivity contribution in [2.24, 2.45) is 0 Å². The lowest BCUT2D eigenvalue weighted by Crippen LogP contribution is -1.92. The maximum absolute atomic E-state index is 8.64. The van der Waals surface area contributed by atoms with Crippen molar-refractivity contribution in [3.63, 3.8) is 0 Å². The number of hydrogen-bond donors (Lipinski definition) is 0. The molecule has 2 rings (SSSR count). The molecule has 0 amide bonds. The fourth-order valence-electron chi connectivity index (χ4n) is 1.36. The van der Waals surface area contributed by atoms with Crippen molar-refractivity contribution >= 4 is 11.6 Å². The predicted molar refractivity (Wildman–Crippen MR) is 61.8 cm³/mol. The van der Waals surface area contributed by atoms with Crippen LogP contribution in [0.15, 0.2) is 36.7 Å². The van der Waals surface area contributed by atoms with E-state index in [1.54, 1.807) is 18.5 Å². The van der Waals surface area contributed by atoms with Gasteiger partial charge in [-0.1, -0.05) is 11.6 Å². The van der Waals surface area contributed by atoms with Crippen LogP contribution in [-0.4, -0.2) is 9.97 Å². The van der Waals surface area contributed by atoms with Crippen LogP contribution < -0.4 is 0 Å². The van der Waals surface area contributed by atoms with Crippen molar-refractivity contribution in [2.45, 2.75) is 6.42 Å². The van der Waals surface area contributed by atoms with Crippen molar-refractivity contribution in [3.8, 4) is 17.3 Å². The second-order valence-electron chi connectivity index (χ2n) is 3.20. The fraction of sp³-hybridized carbons (Fsp3) is 0.0833. The lowest BCUT2D eigenvalue weighted by atomic mass is 10.1. The molecule has 0 aliphatic carbocycles. The average molecular weight is 230 g/mol. The number of halogens is 1. The van der Waals surface area contributed by atoms with Gasteiger partial charge in [-0.25, -0.2) is 0 Å². The Morgan fingerprint density at radius 2 is 2.19 bits per heavy atom. The molecule has 0 N–H and O–H groups in total. The summed E-state index contributed by atoms with van der Waals surface area (Å²) in [7, 11) is 0. The van der Waals surface area contributed by atoms with Gasteiger partial charge < -0.3 is 0 Å². The smallest absolute Gasteiger partial charge is 0.0790 e. The maximum Gasteiger partial charge on any atom is 0.0790 e. The van der Waals surface area contributed by atoms with E-state index >= 15 is 0 Å². The Bertz CT molecular complexity index is 532. The summed E-state index contributed by atoms with van der Waals surface area (Å²) in [5.74, 6) is 0. The van der Waals surface area contributed by atoms with Gasteiger partial charge in [-0.2, -0.15) is 5.26 Å². The third-order valence-corrected chi connectivity index (χ3v) is 2.47. The molecule has 0 atom stereocenters. The van der Waals surface area contributed by atoms with Crippen LogP contribution >= 0.6 is 11.6 Å². The van der Waals surface area contributed by atoms with E-state index in [0.717, 1.165) is 11.3 Å². The van der Waals surface area contributed by atoms with Crippen LogP contribution in [0.4, 0.5) is 0 Å². The van der Waals surface area contributed by atoms with Gasteiger partial charge in [0.25, 0.3) is 0 Å². The number of rotatable bonds is 2. The highest BCUT2D eigenvalue weighted by atomic mass is 35.5. The maximum atomic E-state index is 8.64. The Morgan fingerprint density at radius 1 is 1.31 bits per heavy atom. The summed E-state index contributed by atoms with van der Waals surface area (Å²) < 4.78 is 0. The topological polar surface area (TPSA) is 49.6 Å². The molecule has 0 fully saturated rings. The lowest BCUT2D eigenvalue weighted by molar-refractivity contribution is 1.12. The van der Waals surface area contributed by atoms with E-state index in [9.17, 15) is 0 Å². The van der Waals surface area contributed by atoms with Gasteiger partial charge in [0, 0.05) is 18.0 Å². The fourth-order valence-corrected chi connectivity index (χ4v) is 1.53. The Hall–Kier alpha value is -1.92. The molecule has 0 unspecified atom stereocenters. The molecular weight excluding hydrogens is 222 g/mol. The van der Waals surface area contributed by atoms with E-state index in [1.165, 1.54) is 0 Å². The van der Waals surface area contributed by atoms with E-state index in [1.807, 2.05) is 24.3 Å².